The first-order chi connectivity index (χ1) is 21.1. The monoisotopic (exact) mass is 599 g/mol. The maximum atomic E-state index is 12.9. The Bertz CT molecular complexity index is 1790. The van der Waals surface area contributed by atoms with Gasteiger partial charge in [0.25, 0.3) is 5.91 Å². The Morgan fingerprint density at radius 3 is 2.39 bits per heavy atom. The summed E-state index contributed by atoms with van der Waals surface area (Å²) in [7, 11) is 0. The summed E-state index contributed by atoms with van der Waals surface area (Å²) in [5, 5.41) is 6.50. The van der Waals surface area contributed by atoms with Gasteiger partial charge in [-0.25, -0.2) is 9.67 Å². The molecule has 0 unspecified atom stereocenters. The number of nitrogens with one attached hydrogen (secondary N) is 1. The lowest BCUT2D eigenvalue weighted by atomic mass is 10.00. The molecule has 11 heteroatoms. The highest BCUT2D eigenvalue weighted by molar-refractivity contribution is 5.94. The summed E-state index contributed by atoms with van der Waals surface area (Å²) in [6.45, 7) is 8.94. The predicted molar refractivity (Wildman–Crippen MR) is 162 cm³/mol. The minimum absolute atomic E-state index is 0.213. The molecule has 1 aliphatic rings. The maximum Gasteiger partial charge on any atom is 0.435 e. The van der Waals surface area contributed by atoms with E-state index in [0.29, 0.717) is 17.8 Å². The van der Waals surface area contributed by atoms with Crippen LogP contribution in [0.3, 0.4) is 0 Å². The second-order valence-corrected chi connectivity index (χ2v) is 11.2. The minimum Gasteiger partial charge on any atom is -0.364 e. The molecule has 226 valence electrons. The standard InChI is InChI=1S/C33H32F3N7O/c1-21(2)30-27(5-4-15-37-30)31-28-20-41(17-18-42(28)22(3)39-31)25-12-8-24(9-13-25)32(44)38-19-23-6-10-26(11-7-23)43-16-14-29(40-43)33(34,35)36/h4-16,21H,17-20H2,1-3H3,(H,38,44). The summed E-state index contributed by atoms with van der Waals surface area (Å²) in [5.74, 6) is 1.06. The van der Waals surface area contributed by atoms with Gasteiger partial charge in [-0.3, -0.25) is 9.78 Å². The molecular weight excluding hydrogens is 567 g/mol. The summed E-state index contributed by atoms with van der Waals surface area (Å²) in [6, 6.07) is 19.4. The van der Waals surface area contributed by atoms with Crippen LogP contribution in [0.5, 0.6) is 0 Å². The van der Waals surface area contributed by atoms with Crippen molar-refractivity contribution in [1.29, 1.82) is 0 Å². The van der Waals surface area contributed by atoms with Gasteiger partial charge in [0.2, 0.25) is 0 Å². The number of pyridine rings is 1. The number of carbonyl (C=O) groups is 1. The Morgan fingerprint density at radius 2 is 1.70 bits per heavy atom. The Kier molecular flexibility index (Phi) is 7.71. The fourth-order valence-electron chi connectivity index (χ4n) is 5.55. The number of rotatable bonds is 7. The Labute approximate surface area is 253 Å². The molecule has 44 heavy (non-hydrogen) atoms. The highest BCUT2D eigenvalue weighted by atomic mass is 19.4. The molecule has 2 aromatic carbocycles. The van der Waals surface area contributed by atoms with Crippen molar-refractivity contribution in [2.24, 2.45) is 0 Å². The van der Waals surface area contributed by atoms with Crippen molar-refractivity contribution in [2.75, 3.05) is 11.4 Å². The Balaban J connectivity index is 1.10. The number of imidazole rings is 1. The van der Waals surface area contributed by atoms with Crippen LogP contribution in [0.25, 0.3) is 16.9 Å². The first-order valence-electron chi connectivity index (χ1n) is 14.4. The zero-order valence-corrected chi connectivity index (χ0v) is 24.6. The van der Waals surface area contributed by atoms with E-state index < -0.39 is 11.9 Å². The quantitative estimate of drug-likeness (QED) is 0.230. The topological polar surface area (TPSA) is 80.9 Å². The molecule has 3 aromatic heterocycles. The average Bonchev–Trinajstić information content (AvgIpc) is 3.66. The molecular formula is C33H32F3N7O. The molecule has 1 aliphatic heterocycles. The molecule has 0 saturated heterocycles. The third-order valence-electron chi connectivity index (χ3n) is 7.87. The molecule has 1 N–H and O–H groups in total. The van der Waals surface area contributed by atoms with Gasteiger partial charge >= 0.3 is 6.18 Å². The van der Waals surface area contributed by atoms with E-state index in [0.717, 1.165) is 58.9 Å². The van der Waals surface area contributed by atoms with Gasteiger partial charge in [-0.15, -0.1) is 0 Å². The van der Waals surface area contributed by atoms with Crippen molar-refractivity contribution in [2.45, 2.75) is 52.5 Å². The van der Waals surface area contributed by atoms with Gasteiger partial charge in [-0.2, -0.15) is 18.3 Å². The van der Waals surface area contributed by atoms with E-state index in [9.17, 15) is 18.0 Å². The Hall–Kier alpha value is -4.93. The van der Waals surface area contributed by atoms with Crippen molar-refractivity contribution in [3.63, 3.8) is 0 Å². The molecule has 6 rings (SSSR count). The second kappa shape index (κ2) is 11.6. The van der Waals surface area contributed by atoms with E-state index in [1.165, 1.54) is 10.9 Å². The minimum atomic E-state index is -4.49. The van der Waals surface area contributed by atoms with Crippen molar-refractivity contribution < 1.29 is 18.0 Å². The van der Waals surface area contributed by atoms with Gasteiger partial charge in [0.05, 0.1) is 29.3 Å². The largest absolute Gasteiger partial charge is 0.435 e. The van der Waals surface area contributed by atoms with Gasteiger partial charge in [0.15, 0.2) is 5.69 Å². The fraction of sp³-hybridized carbons (Fsp3) is 0.273. The van der Waals surface area contributed by atoms with E-state index in [4.69, 9.17) is 4.98 Å². The number of hydrogen-bond donors (Lipinski definition) is 1. The van der Waals surface area contributed by atoms with Gasteiger partial charge in [-0.1, -0.05) is 26.0 Å². The lowest BCUT2D eigenvalue weighted by molar-refractivity contribution is -0.141. The van der Waals surface area contributed by atoms with Crippen LogP contribution in [-0.2, 0) is 25.8 Å². The number of fused-ring (bicyclic) bond motifs is 1. The third kappa shape index (κ3) is 5.82. The first kappa shape index (κ1) is 29.2. The molecule has 0 fully saturated rings. The van der Waals surface area contributed by atoms with E-state index in [1.807, 2.05) is 43.5 Å². The van der Waals surface area contributed by atoms with Crippen molar-refractivity contribution in [3.8, 4) is 16.9 Å². The molecule has 0 saturated carbocycles. The molecule has 0 radical (unpaired) electrons. The number of amides is 1. The molecule has 0 aliphatic carbocycles. The summed E-state index contributed by atoms with van der Waals surface area (Å²) in [4.78, 5) is 24.8. The van der Waals surface area contributed by atoms with Gasteiger partial charge < -0.3 is 14.8 Å². The van der Waals surface area contributed by atoms with Crippen LogP contribution in [0.4, 0.5) is 18.9 Å². The SMILES string of the molecule is Cc1nc(-c2cccnc2C(C)C)c2n1CCN(c1ccc(C(=O)NCc3ccc(-n4ccc(C(F)(F)F)n4)cc3)cc1)C2. The zero-order valence-electron chi connectivity index (χ0n) is 24.6. The lowest BCUT2D eigenvalue weighted by Crippen LogP contribution is -2.34. The molecule has 5 aromatic rings. The van der Waals surface area contributed by atoms with E-state index >= 15 is 0 Å². The Morgan fingerprint density at radius 1 is 0.977 bits per heavy atom. The average molecular weight is 600 g/mol. The van der Waals surface area contributed by atoms with Gasteiger partial charge in [0.1, 0.15) is 5.82 Å². The van der Waals surface area contributed by atoms with Gasteiger partial charge in [-0.05, 0) is 73.0 Å². The van der Waals surface area contributed by atoms with Crippen LogP contribution in [0.2, 0.25) is 0 Å². The van der Waals surface area contributed by atoms with E-state index in [1.54, 1.807) is 24.3 Å². The number of halogens is 3. The van der Waals surface area contributed by atoms with Crippen molar-refractivity contribution in [3.05, 3.63) is 113 Å². The first-order valence-corrected chi connectivity index (χ1v) is 14.4. The van der Waals surface area contributed by atoms with E-state index in [2.05, 4.69) is 44.8 Å². The van der Waals surface area contributed by atoms with Crippen LogP contribution < -0.4 is 10.2 Å². The molecule has 8 nitrogen and oxygen atoms in total. The number of aryl methyl sites for hydroxylation is 1. The summed E-state index contributed by atoms with van der Waals surface area (Å²) < 4.78 is 42.0. The predicted octanol–water partition coefficient (Wildman–Crippen LogP) is 6.53. The van der Waals surface area contributed by atoms with E-state index in [-0.39, 0.29) is 18.4 Å². The highest BCUT2D eigenvalue weighted by Crippen LogP contribution is 2.33. The van der Waals surface area contributed by atoms with Crippen LogP contribution in [0.15, 0.2) is 79.1 Å². The normalized spacial score (nSPS) is 13.3. The van der Waals surface area contributed by atoms with Crippen LogP contribution in [0, 0.1) is 6.92 Å². The number of aromatic nitrogens is 5. The number of nitrogens with zero attached hydrogens (tertiary/aromatic N) is 6. The second-order valence-electron chi connectivity index (χ2n) is 11.2. The zero-order chi connectivity index (χ0) is 31.0. The fourth-order valence-corrected chi connectivity index (χ4v) is 5.55. The van der Waals surface area contributed by atoms with Crippen LogP contribution in [-0.4, -0.2) is 36.8 Å². The number of benzene rings is 2. The molecule has 0 bridgehead atoms. The number of anilines is 1. The molecule has 0 atom stereocenters. The smallest absolute Gasteiger partial charge is 0.364 e. The van der Waals surface area contributed by atoms with Crippen molar-refractivity contribution in [1.82, 2.24) is 29.6 Å². The number of alkyl halides is 3. The maximum absolute atomic E-state index is 12.9. The molecule has 0 spiro atoms. The highest BCUT2D eigenvalue weighted by Gasteiger charge is 2.33. The molecule has 1 amide bonds. The lowest BCUT2D eigenvalue weighted by Gasteiger charge is -2.31. The molecule has 4 heterocycles. The van der Waals surface area contributed by atoms with Gasteiger partial charge in [0, 0.05) is 48.8 Å². The number of carbonyl (C=O) groups excluding carboxylic acids is 1. The summed E-state index contributed by atoms with van der Waals surface area (Å²) in [6.07, 6.45) is -1.40. The summed E-state index contributed by atoms with van der Waals surface area (Å²) in [5.41, 5.74) is 6.16. The summed E-state index contributed by atoms with van der Waals surface area (Å²) >= 11 is 0. The van der Waals surface area contributed by atoms with Crippen LogP contribution >= 0.6 is 0 Å². The third-order valence-corrected chi connectivity index (χ3v) is 7.87. The van der Waals surface area contributed by atoms with Crippen LogP contribution in [0.1, 0.15) is 58.6 Å². The van der Waals surface area contributed by atoms with Crippen molar-refractivity contribution >= 4 is 11.6 Å². The number of hydrogen-bond acceptors (Lipinski definition) is 5.